The van der Waals surface area contributed by atoms with Gasteiger partial charge < -0.3 is 10.6 Å². The molecule has 98 valence electrons. The van der Waals surface area contributed by atoms with Crippen molar-refractivity contribution in [1.82, 2.24) is 4.98 Å². The van der Waals surface area contributed by atoms with Gasteiger partial charge in [0.15, 0.2) is 5.82 Å². The molecule has 0 atom stereocenters. The average Bonchev–Trinajstić information content (AvgIpc) is 2.41. The highest BCUT2D eigenvalue weighted by Crippen LogP contribution is 2.25. The summed E-state index contributed by atoms with van der Waals surface area (Å²) >= 11 is 0. The molecule has 4 heteroatoms. The van der Waals surface area contributed by atoms with Gasteiger partial charge in [0.25, 0.3) is 0 Å². The summed E-state index contributed by atoms with van der Waals surface area (Å²) < 4.78 is 0. The molecular formula is C14H22N4. The van der Waals surface area contributed by atoms with Crippen LogP contribution in [0, 0.1) is 17.2 Å². The lowest BCUT2D eigenvalue weighted by molar-refractivity contribution is 0.484. The highest BCUT2D eigenvalue weighted by Gasteiger charge is 2.15. The van der Waals surface area contributed by atoms with Crippen LogP contribution >= 0.6 is 0 Å². The van der Waals surface area contributed by atoms with Crippen molar-refractivity contribution in [2.45, 2.75) is 33.6 Å². The predicted octanol–water partition coefficient (Wildman–Crippen LogP) is 2.80. The topological polar surface area (TPSA) is 65.9 Å². The Bertz CT molecular complexity index is 418. The van der Waals surface area contributed by atoms with Crippen LogP contribution in [-0.2, 0) is 0 Å². The maximum absolute atomic E-state index is 9.00. The molecular weight excluding hydrogens is 224 g/mol. The second-order valence-corrected chi connectivity index (χ2v) is 4.43. The van der Waals surface area contributed by atoms with E-state index in [9.17, 15) is 0 Å². The molecule has 0 aliphatic heterocycles. The Morgan fingerprint density at radius 1 is 1.39 bits per heavy atom. The van der Waals surface area contributed by atoms with Crippen LogP contribution in [0.2, 0.25) is 0 Å². The lowest BCUT2D eigenvalue weighted by atomic mass is 10.0. The standard InChI is InChI=1S/C14H22N4/c1-4-11(5-2)10-18(6-3)14-13(16)12(9-15)7-8-17-14/h7-8,11H,4-6,10,16H2,1-3H3. The molecule has 0 aromatic carbocycles. The number of nitrogens with zero attached hydrogens (tertiary/aromatic N) is 3. The summed E-state index contributed by atoms with van der Waals surface area (Å²) in [5.74, 6) is 1.38. The Kier molecular flexibility index (Phi) is 5.44. The van der Waals surface area contributed by atoms with E-state index >= 15 is 0 Å². The van der Waals surface area contributed by atoms with Crippen LogP contribution in [0.25, 0.3) is 0 Å². The van der Waals surface area contributed by atoms with Crippen molar-refractivity contribution in [3.63, 3.8) is 0 Å². The van der Waals surface area contributed by atoms with Crippen molar-refractivity contribution in [2.75, 3.05) is 23.7 Å². The summed E-state index contributed by atoms with van der Waals surface area (Å²) in [5, 5.41) is 9.00. The van der Waals surface area contributed by atoms with Crippen molar-refractivity contribution in [3.05, 3.63) is 17.8 Å². The third-order valence-corrected chi connectivity index (χ3v) is 3.40. The molecule has 1 aromatic rings. The van der Waals surface area contributed by atoms with Gasteiger partial charge in [-0.2, -0.15) is 5.26 Å². The molecule has 1 aromatic heterocycles. The zero-order valence-electron chi connectivity index (χ0n) is 11.5. The highest BCUT2D eigenvalue weighted by molar-refractivity contribution is 5.69. The fourth-order valence-electron chi connectivity index (χ4n) is 2.04. The molecule has 0 bridgehead atoms. The van der Waals surface area contributed by atoms with Crippen LogP contribution < -0.4 is 10.6 Å². The van der Waals surface area contributed by atoms with E-state index in [0.29, 0.717) is 17.2 Å². The quantitative estimate of drug-likeness (QED) is 0.838. The van der Waals surface area contributed by atoms with Gasteiger partial charge in [-0.3, -0.25) is 0 Å². The van der Waals surface area contributed by atoms with Gasteiger partial charge in [0.1, 0.15) is 6.07 Å². The molecule has 0 radical (unpaired) electrons. The van der Waals surface area contributed by atoms with E-state index in [-0.39, 0.29) is 0 Å². The van der Waals surface area contributed by atoms with Crippen molar-refractivity contribution >= 4 is 11.5 Å². The molecule has 0 saturated carbocycles. The minimum Gasteiger partial charge on any atom is -0.395 e. The van der Waals surface area contributed by atoms with Crippen molar-refractivity contribution in [3.8, 4) is 6.07 Å². The van der Waals surface area contributed by atoms with E-state index in [0.717, 1.165) is 31.7 Å². The number of nitriles is 1. The van der Waals surface area contributed by atoms with Gasteiger partial charge in [-0.05, 0) is 18.9 Å². The van der Waals surface area contributed by atoms with Crippen molar-refractivity contribution in [2.24, 2.45) is 5.92 Å². The Balaban J connectivity index is 2.99. The van der Waals surface area contributed by atoms with Gasteiger partial charge in [-0.1, -0.05) is 26.7 Å². The number of pyridine rings is 1. The maximum Gasteiger partial charge on any atom is 0.153 e. The summed E-state index contributed by atoms with van der Waals surface area (Å²) in [6.07, 6.45) is 3.94. The second kappa shape index (κ2) is 6.85. The van der Waals surface area contributed by atoms with Crippen LogP contribution in [0.4, 0.5) is 11.5 Å². The van der Waals surface area contributed by atoms with Gasteiger partial charge >= 0.3 is 0 Å². The normalized spacial score (nSPS) is 10.4. The molecule has 18 heavy (non-hydrogen) atoms. The molecule has 0 unspecified atom stereocenters. The number of rotatable bonds is 6. The van der Waals surface area contributed by atoms with E-state index in [2.05, 4.69) is 36.7 Å². The Morgan fingerprint density at radius 3 is 2.56 bits per heavy atom. The smallest absolute Gasteiger partial charge is 0.153 e. The predicted molar refractivity (Wildman–Crippen MR) is 75.3 cm³/mol. The highest BCUT2D eigenvalue weighted by atomic mass is 15.2. The molecule has 0 aliphatic carbocycles. The van der Waals surface area contributed by atoms with Gasteiger partial charge in [-0.25, -0.2) is 4.98 Å². The second-order valence-electron chi connectivity index (χ2n) is 4.43. The van der Waals surface area contributed by atoms with Gasteiger partial charge in [0.2, 0.25) is 0 Å². The summed E-state index contributed by atoms with van der Waals surface area (Å²) in [7, 11) is 0. The Hall–Kier alpha value is -1.76. The monoisotopic (exact) mass is 246 g/mol. The first-order valence-corrected chi connectivity index (χ1v) is 6.57. The number of anilines is 2. The van der Waals surface area contributed by atoms with E-state index < -0.39 is 0 Å². The van der Waals surface area contributed by atoms with E-state index in [1.165, 1.54) is 0 Å². The van der Waals surface area contributed by atoms with E-state index in [1.54, 1.807) is 12.3 Å². The fourth-order valence-corrected chi connectivity index (χ4v) is 2.04. The molecule has 0 amide bonds. The van der Waals surface area contributed by atoms with E-state index in [4.69, 9.17) is 11.0 Å². The molecule has 0 saturated heterocycles. The molecule has 0 fully saturated rings. The summed E-state index contributed by atoms with van der Waals surface area (Å²) in [5.41, 5.74) is 7.00. The first kappa shape index (κ1) is 14.3. The lowest BCUT2D eigenvalue weighted by Gasteiger charge is -2.27. The molecule has 2 N–H and O–H groups in total. The zero-order chi connectivity index (χ0) is 13.5. The van der Waals surface area contributed by atoms with Crippen molar-refractivity contribution < 1.29 is 0 Å². The molecule has 1 rings (SSSR count). The van der Waals surface area contributed by atoms with Crippen LogP contribution in [-0.4, -0.2) is 18.1 Å². The fraction of sp³-hybridized carbons (Fsp3) is 0.571. The number of nitrogens with two attached hydrogens (primary N) is 1. The van der Waals surface area contributed by atoms with E-state index in [1.807, 2.05) is 0 Å². The Morgan fingerprint density at radius 2 is 2.06 bits per heavy atom. The lowest BCUT2D eigenvalue weighted by Crippen LogP contribution is -2.30. The first-order chi connectivity index (χ1) is 8.67. The summed E-state index contributed by atoms with van der Waals surface area (Å²) in [4.78, 5) is 6.49. The number of hydrogen-bond acceptors (Lipinski definition) is 4. The van der Waals surface area contributed by atoms with Crippen LogP contribution in [0.1, 0.15) is 39.2 Å². The third kappa shape index (κ3) is 3.13. The molecule has 4 nitrogen and oxygen atoms in total. The average molecular weight is 246 g/mol. The molecule has 0 aliphatic rings. The van der Waals surface area contributed by atoms with Crippen LogP contribution in [0.5, 0.6) is 0 Å². The first-order valence-electron chi connectivity index (χ1n) is 6.57. The number of hydrogen-bond donors (Lipinski definition) is 1. The van der Waals surface area contributed by atoms with Gasteiger partial charge in [0.05, 0.1) is 11.3 Å². The minimum absolute atomic E-state index is 0.493. The minimum atomic E-state index is 0.493. The number of nitrogen functional groups attached to an aromatic ring is 1. The van der Waals surface area contributed by atoms with Gasteiger partial charge in [-0.15, -0.1) is 0 Å². The third-order valence-electron chi connectivity index (χ3n) is 3.40. The van der Waals surface area contributed by atoms with Crippen LogP contribution in [0.3, 0.4) is 0 Å². The zero-order valence-corrected chi connectivity index (χ0v) is 11.5. The van der Waals surface area contributed by atoms with Crippen LogP contribution in [0.15, 0.2) is 12.3 Å². The largest absolute Gasteiger partial charge is 0.395 e. The summed E-state index contributed by atoms with van der Waals surface area (Å²) in [6, 6.07) is 3.76. The summed E-state index contributed by atoms with van der Waals surface area (Å²) in [6.45, 7) is 8.27. The van der Waals surface area contributed by atoms with Gasteiger partial charge in [0, 0.05) is 19.3 Å². The van der Waals surface area contributed by atoms with Crippen molar-refractivity contribution in [1.29, 1.82) is 5.26 Å². The molecule has 1 heterocycles. The molecule has 0 spiro atoms. The SMILES string of the molecule is CCC(CC)CN(CC)c1nccc(C#N)c1N. The number of aromatic nitrogens is 1. The Labute approximate surface area is 109 Å². The maximum atomic E-state index is 9.00.